The predicted molar refractivity (Wildman–Crippen MR) is 193 cm³/mol. The number of hydrogen-bond acceptors (Lipinski definition) is 9. The van der Waals surface area contributed by atoms with E-state index in [0.29, 0.717) is 41.0 Å². The number of ether oxygens (including phenoxy) is 4. The SMILES string of the molecule is C[C@H](CO)N1C[C@H](C)[C@@H](CN(C)C(=O)Nc2ccc3c(c2)OCO3)OCCCC[C@H](C)Oc2ccc(NS(=O)(=O)c3ccc(Cl)cc3)cc2C1=O. The van der Waals surface area contributed by atoms with Gasteiger partial charge >= 0.3 is 6.03 Å². The van der Waals surface area contributed by atoms with Crippen LogP contribution in [0.3, 0.4) is 0 Å². The quantitative estimate of drug-likeness (QED) is 0.258. The number of anilines is 2. The number of benzene rings is 3. The molecule has 3 N–H and O–H groups in total. The number of rotatable bonds is 8. The fraction of sp³-hybridized carbons (Fsp3) is 0.444. The second-order valence-corrected chi connectivity index (χ2v) is 15.1. The van der Waals surface area contributed by atoms with Gasteiger partial charge in [0.15, 0.2) is 11.5 Å². The molecule has 0 bridgehead atoms. The molecule has 3 aromatic carbocycles. The molecule has 3 amide bonds. The van der Waals surface area contributed by atoms with Gasteiger partial charge in [-0.05, 0) is 87.7 Å². The van der Waals surface area contributed by atoms with Gasteiger partial charge in [0.2, 0.25) is 6.79 Å². The van der Waals surface area contributed by atoms with Crippen molar-refractivity contribution in [3.8, 4) is 17.2 Å². The van der Waals surface area contributed by atoms with Gasteiger partial charge in [-0.25, -0.2) is 13.2 Å². The van der Waals surface area contributed by atoms with Gasteiger partial charge in [-0.15, -0.1) is 0 Å². The Labute approximate surface area is 303 Å². The van der Waals surface area contributed by atoms with Crippen molar-refractivity contribution < 1.29 is 42.1 Å². The zero-order valence-corrected chi connectivity index (χ0v) is 30.7. The Bertz CT molecular complexity index is 1790. The van der Waals surface area contributed by atoms with Crippen LogP contribution in [0.25, 0.3) is 0 Å². The first-order valence-electron chi connectivity index (χ1n) is 16.9. The molecule has 0 saturated carbocycles. The minimum atomic E-state index is -4.01. The fourth-order valence-electron chi connectivity index (χ4n) is 5.82. The smallest absolute Gasteiger partial charge is 0.321 e. The highest BCUT2D eigenvalue weighted by atomic mass is 35.5. The van der Waals surface area contributed by atoms with E-state index < -0.39 is 28.1 Å². The van der Waals surface area contributed by atoms with Gasteiger partial charge in [-0.1, -0.05) is 18.5 Å². The molecule has 276 valence electrons. The Hall–Kier alpha value is -4.24. The molecular weight excluding hydrogens is 700 g/mol. The topological polar surface area (TPSA) is 156 Å². The first-order valence-corrected chi connectivity index (χ1v) is 18.7. The molecule has 0 aliphatic carbocycles. The summed E-state index contributed by atoms with van der Waals surface area (Å²) in [6.07, 6.45) is 1.49. The number of aliphatic hydroxyl groups is 1. The highest BCUT2D eigenvalue weighted by Gasteiger charge is 2.31. The minimum absolute atomic E-state index is 0.00752. The van der Waals surface area contributed by atoms with Crippen LogP contribution in [0, 0.1) is 5.92 Å². The number of fused-ring (bicyclic) bond motifs is 2. The Kier molecular flexibility index (Phi) is 12.6. The number of carbonyl (C=O) groups is 2. The minimum Gasteiger partial charge on any atom is -0.490 e. The lowest BCUT2D eigenvalue weighted by molar-refractivity contribution is -0.0115. The average molecular weight is 745 g/mol. The van der Waals surface area contributed by atoms with Gasteiger partial charge in [-0.2, -0.15) is 0 Å². The summed E-state index contributed by atoms with van der Waals surface area (Å²) in [7, 11) is -2.33. The molecule has 0 fully saturated rings. The molecule has 3 aromatic rings. The van der Waals surface area contributed by atoms with Crippen molar-refractivity contribution in [3.05, 3.63) is 71.2 Å². The molecule has 13 nitrogen and oxygen atoms in total. The van der Waals surface area contributed by atoms with Crippen LogP contribution in [0.5, 0.6) is 17.2 Å². The number of carbonyl (C=O) groups excluding carboxylic acids is 2. The second-order valence-electron chi connectivity index (χ2n) is 12.9. The highest BCUT2D eigenvalue weighted by Crippen LogP contribution is 2.34. The normalized spacial score (nSPS) is 20.4. The third-order valence-electron chi connectivity index (χ3n) is 8.85. The summed E-state index contributed by atoms with van der Waals surface area (Å²) in [5, 5.41) is 13.5. The largest absolute Gasteiger partial charge is 0.490 e. The van der Waals surface area contributed by atoms with Crippen molar-refractivity contribution in [1.82, 2.24) is 9.80 Å². The van der Waals surface area contributed by atoms with E-state index in [1.807, 2.05) is 13.8 Å². The van der Waals surface area contributed by atoms with E-state index in [4.69, 9.17) is 30.5 Å². The number of sulfonamides is 1. The number of nitrogens with one attached hydrogen (secondary N) is 2. The zero-order valence-electron chi connectivity index (χ0n) is 29.1. The van der Waals surface area contributed by atoms with Crippen molar-refractivity contribution in [2.45, 2.75) is 63.2 Å². The van der Waals surface area contributed by atoms with Gasteiger partial charge in [-0.3, -0.25) is 9.52 Å². The summed E-state index contributed by atoms with van der Waals surface area (Å²) in [6, 6.07) is 14.5. The lowest BCUT2D eigenvalue weighted by atomic mass is 10.0. The van der Waals surface area contributed by atoms with Gasteiger partial charge in [0, 0.05) is 55.1 Å². The number of halogens is 1. The van der Waals surface area contributed by atoms with Crippen LogP contribution in [0.4, 0.5) is 16.2 Å². The third-order valence-corrected chi connectivity index (χ3v) is 10.5. The van der Waals surface area contributed by atoms with Crippen LogP contribution in [-0.2, 0) is 14.8 Å². The number of hydrogen-bond donors (Lipinski definition) is 3. The maximum absolute atomic E-state index is 14.4. The molecule has 2 aliphatic rings. The van der Waals surface area contributed by atoms with Crippen LogP contribution in [-0.4, -0.2) is 93.7 Å². The Balaban J connectivity index is 1.39. The maximum atomic E-state index is 14.4. The van der Waals surface area contributed by atoms with E-state index in [9.17, 15) is 23.1 Å². The molecule has 0 unspecified atom stereocenters. The van der Waals surface area contributed by atoms with Crippen molar-refractivity contribution in [2.75, 3.05) is 50.2 Å². The molecule has 2 aliphatic heterocycles. The van der Waals surface area contributed by atoms with Gasteiger partial charge in [0.05, 0.1) is 35.3 Å². The number of likely N-dealkylation sites (N-methyl/N-ethyl adjacent to an activating group) is 1. The molecule has 4 atom stereocenters. The number of amides is 3. The number of nitrogens with zero attached hydrogens (tertiary/aromatic N) is 2. The summed E-state index contributed by atoms with van der Waals surface area (Å²) in [4.78, 5) is 30.7. The van der Waals surface area contributed by atoms with Gasteiger partial charge < -0.3 is 39.2 Å². The summed E-state index contributed by atoms with van der Waals surface area (Å²) >= 11 is 5.95. The first kappa shape index (κ1) is 38.0. The Morgan fingerprint density at radius 2 is 1.73 bits per heavy atom. The molecule has 0 spiro atoms. The van der Waals surface area contributed by atoms with E-state index >= 15 is 0 Å². The predicted octanol–water partition coefficient (Wildman–Crippen LogP) is 5.83. The van der Waals surface area contributed by atoms with Crippen molar-refractivity contribution >= 4 is 44.9 Å². The highest BCUT2D eigenvalue weighted by molar-refractivity contribution is 7.92. The Morgan fingerprint density at radius 3 is 2.47 bits per heavy atom. The van der Waals surface area contributed by atoms with Crippen molar-refractivity contribution in [3.63, 3.8) is 0 Å². The van der Waals surface area contributed by atoms with E-state index in [1.54, 1.807) is 44.3 Å². The van der Waals surface area contributed by atoms with Gasteiger partial charge in [0.1, 0.15) is 5.75 Å². The maximum Gasteiger partial charge on any atom is 0.321 e. The third kappa shape index (κ3) is 9.76. The molecule has 0 radical (unpaired) electrons. The molecular formula is C36H45ClN4O9S. The van der Waals surface area contributed by atoms with Gasteiger partial charge in [0.25, 0.3) is 15.9 Å². The summed E-state index contributed by atoms with van der Waals surface area (Å²) in [5.74, 6) is 0.714. The lowest BCUT2D eigenvalue weighted by Crippen LogP contribution is -2.48. The second kappa shape index (κ2) is 16.9. The average Bonchev–Trinajstić information content (AvgIpc) is 3.57. The van der Waals surface area contributed by atoms with E-state index in [2.05, 4.69) is 10.0 Å². The fourth-order valence-corrected chi connectivity index (χ4v) is 7.00. The van der Waals surface area contributed by atoms with Crippen LogP contribution in [0.15, 0.2) is 65.6 Å². The van der Waals surface area contributed by atoms with E-state index in [-0.39, 0.29) is 60.7 Å². The molecule has 51 heavy (non-hydrogen) atoms. The molecule has 0 saturated heterocycles. The van der Waals surface area contributed by atoms with Crippen LogP contribution in [0.2, 0.25) is 5.02 Å². The number of urea groups is 1. The molecule has 0 aromatic heterocycles. The van der Waals surface area contributed by atoms with Crippen molar-refractivity contribution in [2.24, 2.45) is 5.92 Å². The Morgan fingerprint density at radius 1 is 1.02 bits per heavy atom. The van der Waals surface area contributed by atoms with E-state index in [0.717, 1.165) is 12.8 Å². The molecule has 15 heteroatoms. The van der Waals surface area contributed by atoms with Crippen molar-refractivity contribution in [1.29, 1.82) is 0 Å². The number of aliphatic hydroxyl groups excluding tert-OH is 1. The van der Waals surface area contributed by atoms with Crippen LogP contribution < -0.4 is 24.2 Å². The van der Waals surface area contributed by atoms with Crippen LogP contribution in [0.1, 0.15) is 50.4 Å². The first-order chi connectivity index (χ1) is 24.3. The monoisotopic (exact) mass is 744 g/mol. The molecule has 5 rings (SSSR count). The van der Waals surface area contributed by atoms with E-state index in [1.165, 1.54) is 40.1 Å². The standard InChI is InChI=1S/C36H45ClN4O9S/c1-23-19-41(24(2)21-42)35(43)30-17-28(39-51(45,46)29-12-8-26(37)9-13-29)11-14-31(30)50-25(3)7-5-6-16-47-34(23)20-40(4)36(44)38-27-10-15-32-33(18-27)49-22-48-32/h8-15,17-18,23-25,34,39,42H,5-7,16,19-22H2,1-4H3,(H,38,44)/t23-,24+,25-,34+/m0/s1. The molecule has 2 heterocycles. The lowest BCUT2D eigenvalue weighted by Gasteiger charge is -2.35. The summed E-state index contributed by atoms with van der Waals surface area (Å²) in [6.45, 7) is 6.20. The zero-order chi connectivity index (χ0) is 36.7. The summed E-state index contributed by atoms with van der Waals surface area (Å²) < 4.78 is 52.4. The van der Waals surface area contributed by atoms with Crippen LogP contribution >= 0.6 is 11.6 Å². The summed E-state index contributed by atoms with van der Waals surface area (Å²) in [5.41, 5.74) is 0.852.